The predicted molar refractivity (Wildman–Crippen MR) is 86.5 cm³/mol. The van der Waals surface area contributed by atoms with Crippen molar-refractivity contribution in [3.05, 3.63) is 70.6 Å². The summed E-state index contributed by atoms with van der Waals surface area (Å²) in [5.41, 5.74) is 8.05. The van der Waals surface area contributed by atoms with Crippen LogP contribution in [0.15, 0.2) is 54.4 Å². The molecular formula is C17H18ClN3. The first kappa shape index (κ1) is 14.1. The molecule has 0 radical (unpaired) electrons. The SMILES string of the molecule is CCN1NC(C)=C(c2ccccn2)C1c1ccc(Cl)cc1. The van der Waals surface area contributed by atoms with Crippen molar-refractivity contribution in [3.63, 3.8) is 0 Å². The Balaban J connectivity index is 2.07. The summed E-state index contributed by atoms with van der Waals surface area (Å²) in [7, 11) is 0. The lowest BCUT2D eigenvalue weighted by Gasteiger charge is -2.25. The number of aromatic nitrogens is 1. The first-order chi connectivity index (χ1) is 10.2. The second-order valence-electron chi connectivity index (χ2n) is 5.11. The minimum absolute atomic E-state index is 0.155. The summed E-state index contributed by atoms with van der Waals surface area (Å²) in [5.74, 6) is 0. The fraction of sp³-hybridized carbons (Fsp3) is 0.235. The molecule has 0 amide bonds. The Morgan fingerprint density at radius 2 is 1.95 bits per heavy atom. The second kappa shape index (κ2) is 5.88. The molecule has 0 spiro atoms. The molecule has 0 bridgehead atoms. The maximum Gasteiger partial charge on any atom is 0.0828 e. The summed E-state index contributed by atoms with van der Waals surface area (Å²) in [6.45, 7) is 5.15. The van der Waals surface area contributed by atoms with Crippen molar-refractivity contribution in [1.82, 2.24) is 15.4 Å². The number of hydrogen-bond acceptors (Lipinski definition) is 3. The van der Waals surface area contributed by atoms with Gasteiger partial charge in [-0.05, 0) is 36.8 Å². The quantitative estimate of drug-likeness (QED) is 0.927. The normalized spacial score (nSPS) is 18.9. The van der Waals surface area contributed by atoms with Crippen LogP contribution in [0.25, 0.3) is 5.57 Å². The molecule has 0 saturated carbocycles. The summed E-state index contributed by atoms with van der Waals surface area (Å²) >= 11 is 6.02. The molecule has 1 aliphatic heterocycles. The third-order valence-electron chi connectivity index (χ3n) is 3.77. The Morgan fingerprint density at radius 3 is 2.57 bits per heavy atom. The van der Waals surface area contributed by atoms with E-state index in [1.165, 1.54) is 11.1 Å². The Bertz CT molecular complexity index is 649. The highest BCUT2D eigenvalue weighted by atomic mass is 35.5. The van der Waals surface area contributed by atoms with Gasteiger partial charge in [-0.2, -0.15) is 0 Å². The highest BCUT2D eigenvalue weighted by Crippen LogP contribution is 2.39. The average Bonchev–Trinajstić information content (AvgIpc) is 2.85. The summed E-state index contributed by atoms with van der Waals surface area (Å²) in [5, 5.41) is 2.98. The lowest BCUT2D eigenvalue weighted by molar-refractivity contribution is 0.211. The van der Waals surface area contributed by atoms with Crippen LogP contribution in [0.3, 0.4) is 0 Å². The van der Waals surface area contributed by atoms with E-state index in [0.717, 1.165) is 23.0 Å². The molecule has 1 aromatic carbocycles. The van der Waals surface area contributed by atoms with Crippen LogP contribution in [0.5, 0.6) is 0 Å². The van der Waals surface area contributed by atoms with Gasteiger partial charge in [0.1, 0.15) is 0 Å². The third kappa shape index (κ3) is 2.67. The minimum Gasteiger partial charge on any atom is -0.322 e. The molecule has 1 N–H and O–H groups in total. The number of allylic oxidation sites excluding steroid dienone is 1. The van der Waals surface area contributed by atoms with E-state index < -0.39 is 0 Å². The van der Waals surface area contributed by atoms with Crippen molar-refractivity contribution < 1.29 is 0 Å². The van der Waals surface area contributed by atoms with Gasteiger partial charge in [-0.15, -0.1) is 0 Å². The van der Waals surface area contributed by atoms with Crippen molar-refractivity contribution in [2.45, 2.75) is 19.9 Å². The summed E-state index contributed by atoms with van der Waals surface area (Å²) in [6, 6.07) is 14.2. The van der Waals surface area contributed by atoms with Gasteiger partial charge in [0.25, 0.3) is 0 Å². The van der Waals surface area contributed by atoms with Crippen LogP contribution < -0.4 is 5.43 Å². The lowest BCUT2D eigenvalue weighted by atomic mass is 9.95. The Labute approximate surface area is 130 Å². The van der Waals surface area contributed by atoms with Crippen LogP contribution in [0, 0.1) is 0 Å². The van der Waals surface area contributed by atoms with E-state index in [0.29, 0.717) is 0 Å². The van der Waals surface area contributed by atoms with E-state index >= 15 is 0 Å². The van der Waals surface area contributed by atoms with Crippen molar-refractivity contribution in [2.24, 2.45) is 0 Å². The van der Waals surface area contributed by atoms with Gasteiger partial charge >= 0.3 is 0 Å². The smallest absolute Gasteiger partial charge is 0.0828 e. The average molecular weight is 300 g/mol. The first-order valence-electron chi connectivity index (χ1n) is 7.11. The molecule has 108 valence electrons. The molecule has 0 fully saturated rings. The van der Waals surface area contributed by atoms with E-state index in [1.807, 2.05) is 30.5 Å². The van der Waals surface area contributed by atoms with Crippen LogP contribution >= 0.6 is 11.6 Å². The van der Waals surface area contributed by atoms with Gasteiger partial charge in [0.15, 0.2) is 0 Å². The molecular weight excluding hydrogens is 282 g/mol. The Hall–Kier alpha value is -1.84. The zero-order valence-electron chi connectivity index (χ0n) is 12.2. The molecule has 0 saturated heterocycles. The number of benzene rings is 1. The number of rotatable bonds is 3. The van der Waals surface area contributed by atoms with Crippen molar-refractivity contribution >= 4 is 17.2 Å². The van der Waals surface area contributed by atoms with Gasteiger partial charge in [-0.25, -0.2) is 5.01 Å². The number of likely N-dealkylation sites (N-methyl/N-ethyl adjacent to an activating group) is 1. The molecule has 3 nitrogen and oxygen atoms in total. The van der Waals surface area contributed by atoms with Gasteiger partial charge in [0, 0.05) is 29.0 Å². The van der Waals surface area contributed by atoms with Gasteiger partial charge in [0.05, 0.1) is 11.7 Å². The third-order valence-corrected chi connectivity index (χ3v) is 4.02. The maximum atomic E-state index is 6.02. The zero-order chi connectivity index (χ0) is 14.8. The molecule has 1 atom stereocenters. The molecule has 2 aromatic rings. The second-order valence-corrected chi connectivity index (χ2v) is 5.54. The molecule has 1 aliphatic rings. The minimum atomic E-state index is 0.155. The van der Waals surface area contributed by atoms with Crippen molar-refractivity contribution in [2.75, 3.05) is 6.54 Å². The number of hydrogen-bond donors (Lipinski definition) is 1. The molecule has 4 heteroatoms. The monoisotopic (exact) mass is 299 g/mol. The summed E-state index contributed by atoms with van der Waals surface area (Å²) in [4.78, 5) is 4.52. The van der Waals surface area contributed by atoms with Crippen LogP contribution in [0.2, 0.25) is 5.02 Å². The highest BCUT2D eigenvalue weighted by Gasteiger charge is 2.32. The first-order valence-corrected chi connectivity index (χ1v) is 7.49. The molecule has 1 unspecified atom stereocenters. The summed E-state index contributed by atoms with van der Waals surface area (Å²) < 4.78 is 0. The van der Waals surface area contributed by atoms with Gasteiger partial charge < -0.3 is 5.43 Å². The largest absolute Gasteiger partial charge is 0.322 e. The number of hydrazine groups is 1. The Morgan fingerprint density at radius 1 is 1.19 bits per heavy atom. The lowest BCUT2D eigenvalue weighted by Crippen LogP contribution is -2.33. The van der Waals surface area contributed by atoms with E-state index in [9.17, 15) is 0 Å². The van der Waals surface area contributed by atoms with E-state index in [2.05, 4.69) is 47.5 Å². The van der Waals surface area contributed by atoms with Crippen LogP contribution in [0.1, 0.15) is 31.1 Å². The van der Waals surface area contributed by atoms with E-state index in [1.54, 1.807) is 0 Å². The standard InChI is InChI=1S/C17H18ClN3/c1-3-21-17(13-7-9-14(18)10-8-13)16(12(2)20-21)15-6-4-5-11-19-15/h4-11,17,20H,3H2,1-2H3. The number of nitrogens with zero attached hydrogens (tertiary/aromatic N) is 2. The van der Waals surface area contributed by atoms with Crippen molar-refractivity contribution in [1.29, 1.82) is 0 Å². The fourth-order valence-corrected chi connectivity index (χ4v) is 2.93. The molecule has 21 heavy (non-hydrogen) atoms. The maximum absolute atomic E-state index is 6.02. The summed E-state index contributed by atoms with van der Waals surface area (Å²) in [6.07, 6.45) is 1.84. The van der Waals surface area contributed by atoms with E-state index in [-0.39, 0.29) is 6.04 Å². The Kier molecular flexibility index (Phi) is 3.95. The molecule has 3 rings (SSSR count). The van der Waals surface area contributed by atoms with E-state index in [4.69, 9.17) is 11.6 Å². The van der Waals surface area contributed by atoms with Crippen LogP contribution in [0.4, 0.5) is 0 Å². The molecule has 2 heterocycles. The molecule has 0 aliphatic carbocycles. The number of halogens is 1. The van der Waals surface area contributed by atoms with Crippen LogP contribution in [-0.4, -0.2) is 16.5 Å². The van der Waals surface area contributed by atoms with Crippen LogP contribution in [-0.2, 0) is 0 Å². The van der Waals surface area contributed by atoms with Gasteiger partial charge in [0.2, 0.25) is 0 Å². The number of pyridine rings is 1. The van der Waals surface area contributed by atoms with Crippen molar-refractivity contribution in [3.8, 4) is 0 Å². The van der Waals surface area contributed by atoms with Gasteiger partial charge in [-0.1, -0.05) is 36.7 Å². The number of nitrogens with one attached hydrogen (secondary N) is 1. The van der Waals surface area contributed by atoms with Gasteiger partial charge in [-0.3, -0.25) is 4.98 Å². The topological polar surface area (TPSA) is 28.2 Å². The highest BCUT2D eigenvalue weighted by molar-refractivity contribution is 6.30. The fourth-order valence-electron chi connectivity index (χ4n) is 2.81. The predicted octanol–water partition coefficient (Wildman–Crippen LogP) is 4.05. The molecule has 1 aromatic heterocycles. The zero-order valence-corrected chi connectivity index (χ0v) is 12.9.